The summed E-state index contributed by atoms with van der Waals surface area (Å²) in [5.74, 6) is 0.831. The number of ether oxygens (including phenoxy) is 1. The molecule has 10 heteroatoms. The zero-order chi connectivity index (χ0) is 24.0. The Kier molecular flexibility index (Phi) is 8.29. The van der Waals surface area contributed by atoms with Crippen molar-refractivity contribution in [2.75, 3.05) is 19.8 Å². The molecule has 1 heterocycles. The molecule has 0 radical (unpaired) electrons. The molecule has 0 aromatic heterocycles. The van der Waals surface area contributed by atoms with Crippen molar-refractivity contribution in [1.29, 1.82) is 0 Å². The molecule has 0 fully saturated rings. The number of rotatable bonds is 11. The predicted molar refractivity (Wildman–Crippen MR) is 117 cm³/mol. The average Bonchev–Trinajstić information content (AvgIpc) is 2.79. The third-order valence-electron chi connectivity index (χ3n) is 4.76. The van der Waals surface area contributed by atoms with Crippen LogP contribution in [-0.2, 0) is 22.4 Å². The standard InChI is InChI=1S/C23H28ClO8P/c1-4-28-33(29-5-2,30-6-3,32-24(25,26)27)21-17-22(19-13-9-7-10-14-19)31-23(18-21)20-15-11-8-12-16-20/h7-18,21H,4-6H2,1-3H3. The topological polar surface area (TPSA) is 115 Å². The van der Waals surface area contributed by atoms with E-state index in [1.165, 1.54) is 0 Å². The van der Waals surface area contributed by atoms with Crippen LogP contribution in [0.2, 0.25) is 0 Å². The second-order valence-corrected chi connectivity index (χ2v) is 11.4. The van der Waals surface area contributed by atoms with Gasteiger partial charge in [0.15, 0.2) is 0 Å². The summed E-state index contributed by atoms with van der Waals surface area (Å²) in [5.41, 5.74) is 0.437. The molecule has 1 aliphatic rings. The van der Waals surface area contributed by atoms with Gasteiger partial charge >= 0.3 is 196 Å². The molecular formula is C23H28ClO8P. The van der Waals surface area contributed by atoms with Crippen molar-refractivity contribution in [3.63, 3.8) is 0 Å². The molecule has 180 valence electrons. The Balaban J connectivity index is 2.28. The second-order valence-electron chi connectivity index (χ2n) is 6.96. The summed E-state index contributed by atoms with van der Waals surface area (Å²) in [7, 11) is -10.1. The average molecular weight is 499 g/mol. The van der Waals surface area contributed by atoms with Gasteiger partial charge in [-0.3, -0.25) is 0 Å². The van der Waals surface area contributed by atoms with Gasteiger partial charge in [-0.2, -0.15) is 0 Å². The van der Waals surface area contributed by atoms with Gasteiger partial charge in [0.05, 0.1) is 0 Å². The van der Waals surface area contributed by atoms with Crippen molar-refractivity contribution in [1.82, 2.24) is 0 Å². The first-order chi connectivity index (χ1) is 15.7. The van der Waals surface area contributed by atoms with Crippen molar-refractivity contribution >= 4 is 19.0 Å². The van der Waals surface area contributed by atoms with E-state index in [9.17, 15) is 14.0 Å². The Morgan fingerprint density at radius 2 is 1.12 bits per heavy atom. The molecule has 0 atom stereocenters. The number of benzene rings is 2. The molecule has 1 aliphatic heterocycles. The van der Waals surface area contributed by atoms with Crippen LogP contribution in [-0.4, -0.2) is 25.5 Å². The normalized spacial score (nSPS) is 16.4. The van der Waals surface area contributed by atoms with E-state index in [-0.39, 0.29) is 19.8 Å². The quantitative estimate of drug-likeness (QED) is 0.434. The first kappa shape index (κ1) is 25.8. The molecule has 2 aromatic rings. The molecule has 33 heavy (non-hydrogen) atoms. The predicted octanol–water partition coefficient (Wildman–Crippen LogP) is 2.70. The summed E-state index contributed by atoms with van der Waals surface area (Å²) in [6, 6.07) is 18.5. The maximum absolute atomic E-state index is 11.9. The molecule has 0 aliphatic carbocycles. The van der Waals surface area contributed by atoms with Gasteiger partial charge in [0.1, 0.15) is 0 Å². The number of hydrogen-bond donors (Lipinski definition) is 0. The molecule has 0 saturated heterocycles. The Labute approximate surface area is 196 Å². The monoisotopic (exact) mass is 498 g/mol. The fourth-order valence-electron chi connectivity index (χ4n) is 3.63. The summed E-state index contributed by atoms with van der Waals surface area (Å²) in [6.07, 6.45) is 3.22. The van der Waals surface area contributed by atoms with Crippen LogP contribution in [0, 0.1) is 10.2 Å². The fourth-order valence-corrected chi connectivity index (χ4v) is 8.59. The maximum atomic E-state index is 11.9. The van der Waals surface area contributed by atoms with Gasteiger partial charge in [0.2, 0.25) is 0 Å². The van der Waals surface area contributed by atoms with E-state index >= 15 is 0 Å². The zero-order valence-electron chi connectivity index (χ0n) is 18.7. The molecule has 2 aromatic carbocycles. The van der Waals surface area contributed by atoms with Gasteiger partial charge in [0, 0.05) is 0 Å². The number of halogens is 1. The molecule has 0 N–H and O–H groups in total. The van der Waals surface area contributed by atoms with Crippen LogP contribution in [0.1, 0.15) is 31.9 Å². The van der Waals surface area contributed by atoms with Crippen LogP contribution in [0.25, 0.3) is 11.5 Å². The van der Waals surface area contributed by atoms with Crippen LogP contribution in [0.5, 0.6) is 0 Å². The van der Waals surface area contributed by atoms with Crippen molar-refractivity contribution in [2.45, 2.75) is 26.4 Å². The van der Waals surface area contributed by atoms with Gasteiger partial charge in [-0.1, -0.05) is 0 Å². The fraction of sp³-hybridized carbons (Fsp3) is 0.304. The van der Waals surface area contributed by atoms with Crippen LogP contribution in [0.4, 0.5) is 0 Å². The van der Waals surface area contributed by atoms with Crippen molar-refractivity contribution in [2.24, 2.45) is 0 Å². The van der Waals surface area contributed by atoms with Crippen LogP contribution in [0.15, 0.2) is 72.8 Å². The SMILES string of the molecule is CCOP(OCC)(OCC)(O[Cl+3]([O-])([O-])[O-])C1C=C(c2ccccc2)OC(c2ccccc2)=C1. The van der Waals surface area contributed by atoms with E-state index in [1.807, 2.05) is 60.7 Å². The van der Waals surface area contributed by atoms with E-state index in [2.05, 4.69) is 0 Å². The number of hydrogen-bond acceptors (Lipinski definition) is 8. The molecular weight excluding hydrogens is 471 g/mol. The minimum absolute atomic E-state index is 0.0246. The Bertz CT molecular complexity index is 900. The van der Waals surface area contributed by atoms with Crippen molar-refractivity contribution < 1.29 is 46.6 Å². The summed E-state index contributed by atoms with van der Waals surface area (Å²) < 4.78 is 64.9. The molecule has 8 nitrogen and oxygen atoms in total. The molecule has 3 rings (SSSR count). The summed E-state index contributed by atoms with van der Waals surface area (Å²) in [6.45, 7) is 4.84. The van der Waals surface area contributed by atoms with Gasteiger partial charge in [-0.05, 0) is 0 Å². The first-order valence-corrected chi connectivity index (χ1v) is 13.8. The van der Waals surface area contributed by atoms with Gasteiger partial charge < -0.3 is 0 Å². The van der Waals surface area contributed by atoms with E-state index in [4.69, 9.17) is 22.4 Å². The third kappa shape index (κ3) is 5.81. The summed E-state index contributed by atoms with van der Waals surface area (Å²) in [4.78, 5) is 0. The summed E-state index contributed by atoms with van der Waals surface area (Å²) in [5, 5.41) is 0. The van der Waals surface area contributed by atoms with Crippen LogP contribution >= 0.6 is 7.51 Å². The zero-order valence-corrected chi connectivity index (χ0v) is 20.4. The minimum atomic E-state index is -5.09. The molecule has 0 bridgehead atoms. The van der Waals surface area contributed by atoms with Gasteiger partial charge in [-0.15, -0.1) is 0 Å². The van der Waals surface area contributed by atoms with Crippen LogP contribution in [0.3, 0.4) is 0 Å². The van der Waals surface area contributed by atoms with Crippen LogP contribution < -0.4 is 14.0 Å². The van der Waals surface area contributed by atoms with E-state index in [0.29, 0.717) is 11.5 Å². The Morgan fingerprint density at radius 3 is 1.45 bits per heavy atom. The Hall–Kier alpha value is -1.84. The Morgan fingerprint density at radius 1 is 0.727 bits per heavy atom. The second kappa shape index (κ2) is 10.6. The first-order valence-electron chi connectivity index (χ1n) is 10.6. The van der Waals surface area contributed by atoms with E-state index in [1.54, 1.807) is 32.9 Å². The number of allylic oxidation sites excluding steroid dienone is 2. The van der Waals surface area contributed by atoms with Crippen molar-refractivity contribution in [3.05, 3.63) is 83.9 Å². The van der Waals surface area contributed by atoms with Gasteiger partial charge in [-0.25, -0.2) is 0 Å². The summed E-state index contributed by atoms with van der Waals surface area (Å²) >= 11 is 0. The molecule has 0 saturated carbocycles. The van der Waals surface area contributed by atoms with E-state index < -0.39 is 23.4 Å². The molecule has 0 spiro atoms. The third-order valence-corrected chi connectivity index (χ3v) is 9.88. The van der Waals surface area contributed by atoms with E-state index in [0.717, 1.165) is 11.1 Å². The molecule has 0 unspecified atom stereocenters. The van der Waals surface area contributed by atoms with Crippen molar-refractivity contribution in [3.8, 4) is 0 Å². The molecule has 0 amide bonds. The van der Waals surface area contributed by atoms with Gasteiger partial charge in [0.25, 0.3) is 0 Å².